The van der Waals surface area contributed by atoms with Crippen molar-refractivity contribution < 1.29 is 4.74 Å². The Hall–Kier alpha value is -2.78. The summed E-state index contributed by atoms with van der Waals surface area (Å²) < 4.78 is 7.61. The number of methoxy groups -OCH3 is 1. The van der Waals surface area contributed by atoms with Gasteiger partial charge < -0.3 is 9.30 Å². The van der Waals surface area contributed by atoms with Crippen LogP contribution < -0.4 is 4.74 Å². The second kappa shape index (κ2) is 9.07. The molecular formula is C20H20N4OS. The van der Waals surface area contributed by atoms with E-state index in [9.17, 15) is 0 Å². The Balaban J connectivity index is 1.92. The van der Waals surface area contributed by atoms with Crippen molar-refractivity contribution in [2.24, 2.45) is 0 Å². The fourth-order valence-corrected chi connectivity index (χ4v) is 3.51. The molecule has 6 heteroatoms. The summed E-state index contributed by atoms with van der Waals surface area (Å²) >= 11 is 1.56. The third kappa shape index (κ3) is 4.24. The van der Waals surface area contributed by atoms with Gasteiger partial charge in [0.15, 0.2) is 11.0 Å². The molecule has 1 aromatic heterocycles. The minimum atomic E-state index is 0.486. The molecule has 0 atom stereocenters. The second-order valence-corrected chi connectivity index (χ2v) is 6.71. The molecule has 0 N–H and O–H groups in total. The van der Waals surface area contributed by atoms with Crippen molar-refractivity contribution in [2.75, 3.05) is 12.9 Å². The Morgan fingerprint density at radius 2 is 1.85 bits per heavy atom. The third-order valence-electron chi connectivity index (χ3n) is 3.98. The van der Waals surface area contributed by atoms with Crippen LogP contribution in [0.15, 0.2) is 59.8 Å². The lowest BCUT2D eigenvalue weighted by Gasteiger charge is -2.12. The predicted octanol–water partition coefficient (Wildman–Crippen LogP) is 4.20. The predicted molar refractivity (Wildman–Crippen MR) is 103 cm³/mol. The van der Waals surface area contributed by atoms with E-state index in [0.29, 0.717) is 12.2 Å². The maximum atomic E-state index is 8.79. The maximum Gasteiger partial charge on any atom is 0.191 e. The number of benzene rings is 2. The van der Waals surface area contributed by atoms with Gasteiger partial charge in [0.25, 0.3) is 0 Å². The van der Waals surface area contributed by atoms with Gasteiger partial charge in [-0.05, 0) is 24.1 Å². The number of nitriles is 1. The average molecular weight is 364 g/mol. The van der Waals surface area contributed by atoms with E-state index in [0.717, 1.165) is 35.3 Å². The first kappa shape index (κ1) is 18.0. The molecule has 0 saturated heterocycles. The Labute approximate surface area is 157 Å². The molecule has 0 bridgehead atoms. The Morgan fingerprint density at radius 1 is 1.08 bits per heavy atom. The van der Waals surface area contributed by atoms with Gasteiger partial charge in [-0.3, -0.25) is 0 Å². The van der Waals surface area contributed by atoms with E-state index in [2.05, 4.69) is 33.0 Å². The van der Waals surface area contributed by atoms with Crippen molar-refractivity contribution in [3.8, 4) is 23.2 Å². The van der Waals surface area contributed by atoms with Crippen LogP contribution in [0.1, 0.15) is 12.0 Å². The van der Waals surface area contributed by atoms with Crippen molar-refractivity contribution >= 4 is 11.8 Å². The number of thioether (sulfide) groups is 1. The summed E-state index contributed by atoms with van der Waals surface area (Å²) in [5, 5.41) is 18.4. The van der Waals surface area contributed by atoms with Gasteiger partial charge in [-0.15, -0.1) is 10.2 Å². The molecule has 0 radical (unpaired) electrons. The number of para-hydroxylation sites is 1. The lowest BCUT2D eigenvalue weighted by Crippen LogP contribution is -2.06. The molecular weight excluding hydrogens is 344 g/mol. The molecule has 0 aliphatic rings. The van der Waals surface area contributed by atoms with Gasteiger partial charge in [0, 0.05) is 18.7 Å². The van der Waals surface area contributed by atoms with E-state index in [1.807, 2.05) is 42.5 Å². The Morgan fingerprint density at radius 3 is 2.62 bits per heavy atom. The van der Waals surface area contributed by atoms with E-state index in [1.54, 1.807) is 18.9 Å². The van der Waals surface area contributed by atoms with E-state index >= 15 is 0 Å². The van der Waals surface area contributed by atoms with Crippen molar-refractivity contribution in [2.45, 2.75) is 24.5 Å². The fourth-order valence-electron chi connectivity index (χ4n) is 2.70. The minimum absolute atomic E-state index is 0.486. The number of ether oxygens (including phenoxy) is 1. The van der Waals surface area contributed by atoms with Crippen LogP contribution in [0, 0.1) is 11.3 Å². The highest BCUT2D eigenvalue weighted by Crippen LogP contribution is 2.31. The van der Waals surface area contributed by atoms with Crippen LogP contribution in [0.4, 0.5) is 0 Å². The number of hydrogen-bond donors (Lipinski definition) is 0. The van der Waals surface area contributed by atoms with Crippen molar-refractivity contribution in [1.29, 1.82) is 5.26 Å². The summed E-state index contributed by atoms with van der Waals surface area (Å²) in [6, 6.07) is 20.4. The molecule has 3 aromatic rings. The lowest BCUT2D eigenvalue weighted by atomic mass is 10.1. The molecule has 0 amide bonds. The molecule has 1 heterocycles. The average Bonchev–Trinajstić information content (AvgIpc) is 3.10. The number of hydrogen-bond acceptors (Lipinski definition) is 5. The second-order valence-electron chi connectivity index (χ2n) is 5.65. The van der Waals surface area contributed by atoms with E-state index < -0.39 is 0 Å². The molecule has 0 aliphatic carbocycles. The first-order valence-corrected chi connectivity index (χ1v) is 9.42. The van der Waals surface area contributed by atoms with Gasteiger partial charge in [0.1, 0.15) is 5.75 Å². The minimum Gasteiger partial charge on any atom is -0.496 e. The Bertz CT molecular complexity index is 886. The first-order chi connectivity index (χ1) is 12.8. The molecule has 0 unspecified atom stereocenters. The molecule has 0 aliphatic heterocycles. The summed E-state index contributed by atoms with van der Waals surface area (Å²) in [6.07, 6.45) is 1.37. The van der Waals surface area contributed by atoms with Gasteiger partial charge in [0.05, 0.1) is 18.7 Å². The standard InChI is InChI=1S/C20H20N4OS/c1-25-18-11-6-5-10-17(18)19-22-23-20(26-15-7-13-21)24(19)14-12-16-8-3-2-4-9-16/h2-6,8-11H,7,12,14-15H2,1H3. The SMILES string of the molecule is COc1ccccc1-c1nnc(SCCC#N)n1CCc1ccccc1. The summed E-state index contributed by atoms with van der Waals surface area (Å²) in [7, 11) is 1.66. The van der Waals surface area contributed by atoms with Crippen LogP contribution in [0.3, 0.4) is 0 Å². The molecule has 132 valence electrons. The molecule has 26 heavy (non-hydrogen) atoms. The quantitative estimate of drug-likeness (QED) is 0.443. The van der Waals surface area contributed by atoms with Crippen LogP contribution in [-0.4, -0.2) is 27.6 Å². The van der Waals surface area contributed by atoms with E-state index in [4.69, 9.17) is 10.00 Å². The zero-order valence-electron chi connectivity index (χ0n) is 14.6. The number of nitrogens with zero attached hydrogens (tertiary/aromatic N) is 4. The maximum absolute atomic E-state index is 8.79. The highest BCUT2D eigenvalue weighted by atomic mass is 32.2. The van der Waals surface area contributed by atoms with Gasteiger partial charge in [-0.1, -0.05) is 54.2 Å². The monoisotopic (exact) mass is 364 g/mol. The van der Waals surface area contributed by atoms with Crippen LogP contribution in [0.2, 0.25) is 0 Å². The third-order valence-corrected chi connectivity index (χ3v) is 4.95. The number of rotatable bonds is 8. The van der Waals surface area contributed by atoms with Crippen LogP contribution >= 0.6 is 11.8 Å². The van der Waals surface area contributed by atoms with Crippen LogP contribution in [0.5, 0.6) is 5.75 Å². The van der Waals surface area contributed by atoms with Crippen LogP contribution in [0.25, 0.3) is 11.4 Å². The first-order valence-electron chi connectivity index (χ1n) is 8.43. The molecule has 0 fully saturated rings. The lowest BCUT2D eigenvalue weighted by molar-refractivity contribution is 0.415. The van der Waals surface area contributed by atoms with Crippen molar-refractivity contribution in [3.63, 3.8) is 0 Å². The van der Waals surface area contributed by atoms with Gasteiger partial charge in [-0.25, -0.2) is 0 Å². The van der Waals surface area contributed by atoms with E-state index in [1.165, 1.54) is 5.56 Å². The largest absolute Gasteiger partial charge is 0.496 e. The molecule has 2 aromatic carbocycles. The zero-order valence-corrected chi connectivity index (χ0v) is 15.4. The van der Waals surface area contributed by atoms with Crippen molar-refractivity contribution in [3.05, 3.63) is 60.2 Å². The van der Waals surface area contributed by atoms with Gasteiger partial charge >= 0.3 is 0 Å². The van der Waals surface area contributed by atoms with Crippen molar-refractivity contribution in [1.82, 2.24) is 14.8 Å². The smallest absolute Gasteiger partial charge is 0.191 e. The highest BCUT2D eigenvalue weighted by molar-refractivity contribution is 7.99. The van der Waals surface area contributed by atoms with Gasteiger partial charge in [0.2, 0.25) is 0 Å². The molecule has 0 spiro atoms. The molecule has 5 nitrogen and oxygen atoms in total. The molecule has 3 rings (SSSR count). The Kier molecular flexibility index (Phi) is 6.29. The fraction of sp³-hybridized carbons (Fsp3) is 0.250. The zero-order chi connectivity index (χ0) is 18.2. The summed E-state index contributed by atoms with van der Waals surface area (Å²) in [6.45, 7) is 0.763. The normalized spacial score (nSPS) is 10.5. The van der Waals surface area contributed by atoms with Gasteiger partial charge in [-0.2, -0.15) is 5.26 Å². The summed E-state index contributed by atoms with van der Waals surface area (Å²) in [5.41, 5.74) is 2.18. The number of aromatic nitrogens is 3. The summed E-state index contributed by atoms with van der Waals surface area (Å²) in [5.74, 6) is 2.26. The van der Waals surface area contributed by atoms with E-state index in [-0.39, 0.29) is 0 Å². The topological polar surface area (TPSA) is 63.7 Å². The molecule has 0 saturated carbocycles. The number of aryl methyl sites for hydroxylation is 1. The summed E-state index contributed by atoms with van der Waals surface area (Å²) in [4.78, 5) is 0. The van der Waals surface area contributed by atoms with Crippen LogP contribution in [-0.2, 0) is 13.0 Å². The highest BCUT2D eigenvalue weighted by Gasteiger charge is 2.17.